The van der Waals surface area contributed by atoms with Crippen LogP contribution in [0, 0.1) is 0 Å². The van der Waals surface area contributed by atoms with Gasteiger partial charge in [-0.25, -0.2) is 0 Å². The first kappa shape index (κ1) is 15.7. The maximum absolute atomic E-state index is 11.4. The number of hydrogen-bond acceptors (Lipinski definition) is 4. The first-order valence-electron chi connectivity index (χ1n) is 5.49. The largest absolute Gasteiger partial charge is 0.295 e. The summed E-state index contributed by atoms with van der Waals surface area (Å²) in [7, 11) is -2.82. The first-order chi connectivity index (χ1) is 9.12. The molecule has 1 unspecified atom stereocenters. The number of benzene rings is 1. The molecule has 1 aliphatic heterocycles. The second-order valence-electron chi connectivity index (χ2n) is 4.30. The molecule has 5 nitrogen and oxygen atoms in total. The summed E-state index contributed by atoms with van der Waals surface area (Å²) in [5.41, 5.74) is 0.564. The Morgan fingerprint density at radius 1 is 1.15 bits per heavy atom. The van der Waals surface area contributed by atoms with Crippen molar-refractivity contribution in [2.45, 2.75) is 13.0 Å². The van der Waals surface area contributed by atoms with Gasteiger partial charge >= 0.3 is 0 Å². The van der Waals surface area contributed by atoms with Gasteiger partial charge in [0.15, 0.2) is 0 Å². The molecule has 0 aromatic heterocycles. The summed E-state index contributed by atoms with van der Waals surface area (Å²) in [6, 6.07) is 4.12. The van der Waals surface area contributed by atoms with Crippen molar-refractivity contribution in [3.63, 3.8) is 0 Å². The van der Waals surface area contributed by atoms with Crippen molar-refractivity contribution in [2.75, 3.05) is 12.1 Å². The van der Waals surface area contributed by atoms with Gasteiger partial charge < -0.3 is 0 Å². The van der Waals surface area contributed by atoms with Crippen LogP contribution < -0.4 is 5.01 Å². The number of hydrazine groups is 1. The average Bonchev–Trinajstić information content (AvgIpc) is 2.47. The number of anilines is 1. The summed E-state index contributed by atoms with van der Waals surface area (Å²) in [6.45, 7) is 1.60. The van der Waals surface area contributed by atoms with E-state index in [1.807, 2.05) is 0 Å². The molecule has 0 aliphatic carbocycles. The van der Waals surface area contributed by atoms with Crippen LogP contribution in [0.5, 0.6) is 0 Å². The maximum atomic E-state index is 11.4. The van der Waals surface area contributed by atoms with Crippen molar-refractivity contribution in [3.8, 4) is 0 Å². The van der Waals surface area contributed by atoms with Crippen LogP contribution in [0.1, 0.15) is 6.92 Å². The minimum Gasteiger partial charge on any atom is -0.282 e. The Morgan fingerprint density at radius 2 is 1.65 bits per heavy atom. The Bertz CT molecular complexity index is 670. The molecule has 1 atom stereocenters. The molecule has 0 amide bonds. The SMILES string of the molecule is CC1C(S(=O)(=O)O)=C(Cl)N(C)N1c1cc(Cl)cc(Cl)c1. The van der Waals surface area contributed by atoms with E-state index in [-0.39, 0.29) is 10.1 Å². The summed E-state index contributed by atoms with van der Waals surface area (Å²) in [4.78, 5) is -0.266. The van der Waals surface area contributed by atoms with Crippen molar-refractivity contribution in [2.24, 2.45) is 0 Å². The van der Waals surface area contributed by atoms with Crippen molar-refractivity contribution in [1.82, 2.24) is 5.01 Å². The van der Waals surface area contributed by atoms with Gasteiger partial charge in [-0.2, -0.15) is 8.42 Å². The Kier molecular flexibility index (Phi) is 4.15. The van der Waals surface area contributed by atoms with E-state index in [0.29, 0.717) is 15.7 Å². The zero-order valence-corrected chi connectivity index (χ0v) is 13.6. The molecule has 0 saturated heterocycles. The van der Waals surface area contributed by atoms with E-state index in [9.17, 15) is 13.0 Å². The monoisotopic (exact) mass is 356 g/mol. The molecule has 0 bridgehead atoms. The van der Waals surface area contributed by atoms with Gasteiger partial charge in [-0.05, 0) is 25.1 Å². The molecule has 0 saturated carbocycles. The topological polar surface area (TPSA) is 60.9 Å². The normalized spacial score (nSPS) is 20.0. The second-order valence-corrected chi connectivity index (χ2v) is 6.92. The third-order valence-corrected chi connectivity index (χ3v) is 5.03. The molecule has 1 aromatic carbocycles. The molecule has 20 heavy (non-hydrogen) atoms. The van der Waals surface area contributed by atoms with Gasteiger partial charge in [0, 0.05) is 17.1 Å². The molecule has 1 N–H and O–H groups in total. The quantitative estimate of drug-likeness (QED) is 0.650. The van der Waals surface area contributed by atoms with E-state index in [0.717, 1.165) is 0 Å². The van der Waals surface area contributed by atoms with E-state index in [1.54, 1.807) is 37.2 Å². The fraction of sp³-hybridized carbons (Fsp3) is 0.273. The van der Waals surface area contributed by atoms with Crippen molar-refractivity contribution in [3.05, 3.63) is 38.3 Å². The molecular weight excluding hydrogens is 347 g/mol. The summed E-state index contributed by atoms with van der Waals surface area (Å²) in [5.74, 6) is 0. The second kappa shape index (κ2) is 5.27. The van der Waals surface area contributed by atoms with Crippen LogP contribution in [0.3, 0.4) is 0 Å². The zero-order chi connectivity index (χ0) is 15.2. The lowest BCUT2D eigenvalue weighted by atomic mass is 10.2. The van der Waals surface area contributed by atoms with Crippen LogP contribution in [0.15, 0.2) is 28.3 Å². The molecule has 0 fully saturated rings. The van der Waals surface area contributed by atoms with Gasteiger partial charge in [0.2, 0.25) is 0 Å². The van der Waals surface area contributed by atoms with E-state index < -0.39 is 16.2 Å². The Labute approximate surface area is 132 Å². The summed E-state index contributed by atoms with van der Waals surface area (Å²) in [6.07, 6.45) is 0. The van der Waals surface area contributed by atoms with Crippen LogP contribution in [0.2, 0.25) is 10.0 Å². The van der Waals surface area contributed by atoms with E-state index in [2.05, 4.69) is 0 Å². The molecule has 110 valence electrons. The fourth-order valence-electron chi connectivity index (χ4n) is 2.19. The van der Waals surface area contributed by atoms with E-state index >= 15 is 0 Å². The Morgan fingerprint density at radius 3 is 2.05 bits per heavy atom. The Hall–Kier alpha value is -0.660. The lowest BCUT2D eigenvalue weighted by molar-refractivity contribution is 0.415. The molecule has 9 heteroatoms. The van der Waals surface area contributed by atoms with Crippen molar-refractivity contribution >= 4 is 50.6 Å². The highest BCUT2D eigenvalue weighted by Gasteiger charge is 2.40. The van der Waals surface area contributed by atoms with Crippen LogP contribution in [0.25, 0.3) is 0 Å². The number of nitrogens with zero attached hydrogens (tertiary/aromatic N) is 2. The van der Waals surface area contributed by atoms with Gasteiger partial charge in [-0.3, -0.25) is 14.6 Å². The smallest absolute Gasteiger partial charge is 0.282 e. The summed E-state index contributed by atoms with van der Waals surface area (Å²) in [5, 5.41) is 3.73. The maximum Gasteiger partial charge on any atom is 0.295 e. The van der Waals surface area contributed by atoms with Gasteiger partial charge in [0.05, 0.1) is 11.7 Å². The van der Waals surface area contributed by atoms with Crippen LogP contribution in [0.4, 0.5) is 5.69 Å². The van der Waals surface area contributed by atoms with E-state index in [4.69, 9.17) is 34.8 Å². The number of halogens is 3. The lowest BCUT2D eigenvalue weighted by Crippen LogP contribution is -2.39. The minimum atomic E-state index is -4.40. The van der Waals surface area contributed by atoms with Gasteiger partial charge in [-0.15, -0.1) is 0 Å². The molecule has 1 aliphatic rings. The van der Waals surface area contributed by atoms with Crippen LogP contribution in [-0.4, -0.2) is 31.1 Å². The van der Waals surface area contributed by atoms with E-state index in [1.165, 1.54) is 5.01 Å². The predicted molar refractivity (Wildman–Crippen MR) is 80.6 cm³/mol. The van der Waals surface area contributed by atoms with Crippen molar-refractivity contribution in [1.29, 1.82) is 0 Å². The third-order valence-electron chi connectivity index (χ3n) is 2.95. The van der Waals surface area contributed by atoms with Gasteiger partial charge in [0.25, 0.3) is 10.1 Å². The first-order valence-corrected chi connectivity index (χ1v) is 8.06. The summed E-state index contributed by atoms with van der Waals surface area (Å²) < 4.78 is 32.1. The van der Waals surface area contributed by atoms with Crippen LogP contribution in [-0.2, 0) is 10.1 Å². The summed E-state index contributed by atoms with van der Waals surface area (Å²) >= 11 is 17.9. The zero-order valence-electron chi connectivity index (χ0n) is 10.5. The number of rotatable bonds is 2. The van der Waals surface area contributed by atoms with Gasteiger partial charge in [-0.1, -0.05) is 34.8 Å². The Balaban J connectivity index is 2.52. The third kappa shape index (κ3) is 2.71. The molecule has 0 radical (unpaired) electrons. The highest BCUT2D eigenvalue weighted by molar-refractivity contribution is 7.90. The van der Waals surface area contributed by atoms with Crippen LogP contribution >= 0.6 is 34.8 Å². The lowest BCUT2D eigenvalue weighted by Gasteiger charge is -2.32. The molecule has 2 rings (SSSR count). The average molecular weight is 358 g/mol. The molecule has 1 heterocycles. The molecule has 1 aromatic rings. The number of hydrogen-bond donors (Lipinski definition) is 1. The highest BCUT2D eigenvalue weighted by Crippen LogP contribution is 2.38. The fourth-order valence-corrected chi connectivity index (χ4v) is 4.11. The standard InChI is InChI=1S/C11H11Cl3N2O3S/c1-6-10(20(17,18)19)11(14)15(2)16(6)9-4-7(12)3-8(13)5-9/h3-6H,1-2H3,(H,17,18,19). The molecular formula is C11H11Cl3N2O3S. The minimum absolute atomic E-state index is 0.0731. The van der Waals surface area contributed by atoms with Gasteiger partial charge in [0.1, 0.15) is 10.1 Å². The molecule has 0 spiro atoms. The van der Waals surface area contributed by atoms with Crippen molar-refractivity contribution < 1.29 is 13.0 Å². The predicted octanol–water partition coefficient (Wildman–Crippen LogP) is 3.34. The highest BCUT2D eigenvalue weighted by atomic mass is 35.5.